The highest BCUT2D eigenvalue weighted by molar-refractivity contribution is 6.26. The lowest BCUT2D eigenvalue weighted by molar-refractivity contribution is 1.18. The van der Waals surface area contributed by atoms with Gasteiger partial charge in [-0.15, -0.1) is 0 Å². The lowest BCUT2D eigenvalue weighted by Crippen LogP contribution is -2.09. The Morgan fingerprint density at radius 3 is 1.61 bits per heavy atom. The highest BCUT2D eigenvalue weighted by Gasteiger charge is 2.21. The van der Waals surface area contributed by atoms with E-state index in [4.69, 9.17) is 0 Å². The lowest BCUT2D eigenvalue weighted by Gasteiger charge is -2.26. The van der Waals surface area contributed by atoms with Gasteiger partial charge in [0.1, 0.15) is 0 Å². The molecule has 2 heterocycles. The minimum atomic E-state index is 1.11. The van der Waals surface area contributed by atoms with Crippen LogP contribution in [-0.4, -0.2) is 9.13 Å². The Morgan fingerprint density at radius 2 is 0.831 bits per heavy atom. The molecule has 0 unspecified atom stereocenters. The Morgan fingerprint density at radius 1 is 0.288 bits per heavy atom. The summed E-state index contributed by atoms with van der Waals surface area (Å²) in [6.07, 6.45) is 0. The molecule has 3 heteroatoms. The maximum Gasteiger partial charge on any atom is 0.0641 e. The van der Waals surface area contributed by atoms with Crippen LogP contribution in [0, 0.1) is 0 Å². The summed E-state index contributed by atoms with van der Waals surface area (Å²) in [5.41, 5.74) is 12.8. The second kappa shape index (κ2) is 13.4. The van der Waals surface area contributed by atoms with Crippen LogP contribution in [0.2, 0.25) is 0 Å². The predicted molar refractivity (Wildman–Crippen MR) is 250 cm³/mol. The normalized spacial score (nSPS) is 11.7. The summed E-state index contributed by atoms with van der Waals surface area (Å²) in [6.45, 7) is 0. The van der Waals surface area contributed by atoms with E-state index in [1.165, 1.54) is 76.3 Å². The molecule has 0 spiro atoms. The van der Waals surface area contributed by atoms with Crippen LogP contribution in [0.15, 0.2) is 224 Å². The summed E-state index contributed by atoms with van der Waals surface area (Å²) >= 11 is 0. The zero-order valence-corrected chi connectivity index (χ0v) is 32.2. The molecule has 0 aliphatic rings. The van der Waals surface area contributed by atoms with Crippen LogP contribution in [0.1, 0.15) is 0 Å². The average Bonchev–Trinajstić information content (AvgIpc) is 3.83. The van der Waals surface area contributed by atoms with Crippen LogP contribution >= 0.6 is 0 Å². The predicted octanol–water partition coefficient (Wildman–Crippen LogP) is 15.3. The lowest BCUT2D eigenvalue weighted by atomic mass is 10.0. The van der Waals surface area contributed by atoms with Gasteiger partial charge in [-0.2, -0.15) is 0 Å². The highest BCUT2D eigenvalue weighted by atomic mass is 15.1. The Balaban J connectivity index is 1.07. The number of nitrogens with zero attached hydrogens (tertiary/aromatic N) is 3. The summed E-state index contributed by atoms with van der Waals surface area (Å²) < 4.78 is 4.93. The molecule has 0 aliphatic carbocycles. The Hall–Kier alpha value is -7.88. The van der Waals surface area contributed by atoms with Crippen molar-refractivity contribution in [1.29, 1.82) is 0 Å². The van der Waals surface area contributed by atoms with Crippen LogP contribution < -0.4 is 4.90 Å². The first kappa shape index (κ1) is 33.3. The summed E-state index contributed by atoms with van der Waals surface area (Å²) in [7, 11) is 0. The molecule has 12 aromatic rings. The second-order valence-electron chi connectivity index (χ2n) is 15.4. The number of hydrogen-bond acceptors (Lipinski definition) is 1. The largest absolute Gasteiger partial charge is 0.310 e. The number of benzene rings is 10. The molecule has 0 aliphatic heterocycles. The van der Waals surface area contributed by atoms with E-state index >= 15 is 0 Å². The fourth-order valence-electron chi connectivity index (χ4n) is 9.33. The number of hydrogen-bond donors (Lipinski definition) is 0. The molecule has 59 heavy (non-hydrogen) atoms. The fourth-order valence-corrected chi connectivity index (χ4v) is 9.33. The van der Waals surface area contributed by atoms with E-state index in [9.17, 15) is 0 Å². The average molecular weight is 752 g/mol. The van der Waals surface area contributed by atoms with Gasteiger partial charge in [0.15, 0.2) is 0 Å². The van der Waals surface area contributed by atoms with Gasteiger partial charge >= 0.3 is 0 Å². The maximum atomic E-state index is 2.49. The minimum Gasteiger partial charge on any atom is -0.310 e. The van der Waals surface area contributed by atoms with Crippen molar-refractivity contribution >= 4 is 82.2 Å². The summed E-state index contributed by atoms with van der Waals surface area (Å²) in [5.74, 6) is 0. The third-order valence-electron chi connectivity index (χ3n) is 12.0. The van der Waals surface area contributed by atoms with Crippen molar-refractivity contribution in [3.8, 4) is 22.5 Å². The van der Waals surface area contributed by atoms with E-state index < -0.39 is 0 Å². The molecule has 0 amide bonds. The SMILES string of the molecule is c1ccc(-c2ccc(N(c3ccccc3)c3ccc4ccc(-n5c6ccccc6c6ccc7c(c8ccccc8n7-c7ccc8ccccc8c7)c65)cc4c3)cc2)cc1. The second-order valence-corrected chi connectivity index (χ2v) is 15.4. The van der Waals surface area contributed by atoms with Crippen molar-refractivity contribution in [2.24, 2.45) is 0 Å². The van der Waals surface area contributed by atoms with Gasteiger partial charge in [0.2, 0.25) is 0 Å². The van der Waals surface area contributed by atoms with Crippen LogP contribution in [0.3, 0.4) is 0 Å². The molecular weight excluding hydrogens is 715 g/mol. The molecule has 0 saturated heterocycles. The summed E-state index contributed by atoms with van der Waals surface area (Å²) in [6, 6.07) is 81.7. The van der Waals surface area contributed by atoms with Gasteiger partial charge in [0, 0.05) is 50.0 Å². The first-order valence-corrected chi connectivity index (χ1v) is 20.3. The molecule has 0 atom stereocenters. The molecule has 0 fully saturated rings. The van der Waals surface area contributed by atoms with Crippen LogP contribution in [0.5, 0.6) is 0 Å². The van der Waals surface area contributed by atoms with E-state index in [0.717, 1.165) is 28.4 Å². The van der Waals surface area contributed by atoms with Crippen molar-refractivity contribution in [3.63, 3.8) is 0 Å². The topological polar surface area (TPSA) is 13.1 Å². The molecule has 10 aromatic carbocycles. The van der Waals surface area contributed by atoms with E-state index in [1.807, 2.05) is 0 Å². The molecular formula is C56H37N3. The van der Waals surface area contributed by atoms with Crippen molar-refractivity contribution < 1.29 is 0 Å². The van der Waals surface area contributed by atoms with Gasteiger partial charge in [-0.1, -0.05) is 146 Å². The van der Waals surface area contributed by atoms with Gasteiger partial charge in [0.25, 0.3) is 0 Å². The Kier molecular flexibility index (Phi) is 7.54. The number of fused-ring (bicyclic) bond motifs is 9. The Bertz CT molecular complexity index is 3540. The zero-order valence-electron chi connectivity index (χ0n) is 32.2. The number of rotatable bonds is 6. The first-order valence-electron chi connectivity index (χ1n) is 20.3. The highest BCUT2D eigenvalue weighted by Crippen LogP contribution is 2.43. The number of para-hydroxylation sites is 3. The molecule has 0 saturated carbocycles. The molecule has 0 radical (unpaired) electrons. The van der Waals surface area contributed by atoms with Crippen LogP contribution in [0.4, 0.5) is 17.1 Å². The minimum absolute atomic E-state index is 1.11. The molecule has 2 aromatic heterocycles. The summed E-state index contributed by atoms with van der Waals surface area (Å²) in [4.78, 5) is 2.35. The smallest absolute Gasteiger partial charge is 0.0641 e. The van der Waals surface area contributed by atoms with Crippen molar-refractivity contribution in [1.82, 2.24) is 9.13 Å². The first-order chi connectivity index (χ1) is 29.3. The van der Waals surface area contributed by atoms with Gasteiger partial charge in [-0.3, -0.25) is 0 Å². The van der Waals surface area contributed by atoms with Crippen LogP contribution in [-0.2, 0) is 0 Å². The number of aromatic nitrogens is 2. The molecule has 276 valence electrons. The number of anilines is 3. The van der Waals surface area contributed by atoms with Gasteiger partial charge in [-0.05, 0) is 112 Å². The Labute approximate surface area is 341 Å². The maximum absolute atomic E-state index is 2.49. The zero-order chi connectivity index (χ0) is 38.9. The van der Waals surface area contributed by atoms with Gasteiger partial charge in [-0.25, -0.2) is 0 Å². The van der Waals surface area contributed by atoms with Crippen molar-refractivity contribution in [3.05, 3.63) is 224 Å². The van der Waals surface area contributed by atoms with Crippen molar-refractivity contribution in [2.45, 2.75) is 0 Å². The van der Waals surface area contributed by atoms with Gasteiger partial charge < -0.3 is 14.0 Å². The van der Waals surface area contributed by atoms with Crippen molar-refractivity contribution in [2.75, 3.05) is 4.90 Å². The third-order valence-corrected chi connectivity index (χ3v) is 12.0. The monoisotopic (exact) mass is 751 g/mol. The third kappa shape index (κ3) is 5.36. The quantitative estimate of drug-likeness (QED) is 0.165. The summed E-state index contributed by atoms with van der Waals surface area (Å²) in [5, 5.41) is 9.84. The molecule has 12 rings (SSSR count). The molecule has 3 nitrogen and oxygen atoms in total. The van der Waals surface area contributed by atoms with E-state index in [1.54, 1.807) is 0 Å². The standard InChI is InChI=1S/C56H37N3/c1-3-13-38(14-4-1)40-23-28-45(29-24-40)57(44-17-5-2-6-18-44)46-30-26-41-27-32-48(37-43(41)36-46)59-52-21-11-9-19-49(52)50-33-34-54-55(56(50)59)51-20-10-12-22-53(51)58(54)47-31-25-39-15-7-8-16-42(39)35-47/h1-37H. The molecule has 0 N–H and O–H groups in total. The van der Waals surface area contributed by atoms with E-state index in [0.29, 0.717) is 0 Å². The van der Waals surface area contributed by atoms with Gasteiger partial charge in [0.05, 0.1) is 22.1 Å². The van der Waals surface area contributed by atoms with E-state index in [-0.39, 0.29) is 0 Å². The van der Waals surface area contributed by atoms with E-state index in [2.05, 4.69) is 238 Å². The van der Waals surface area contributed by atoms with Crippen LogP contribution in [0.25, 0.3) is 87.7 Å². The molecule has 0 bridgehead atoms. The fraction of sp³-hybridized carbons (Fsp3) is 0.